The fourth-order valence-corrected chi connectivity index (χ4v) is 5.72. The van der Waals surface area contributed by atoms with Gasteiger partial charge in [-0.1, -0.05) is 19.9 Å². The summed E-state index contributed by atoms with van der Waals surface area (Å²) in [6.45, 7) is 4.86. The van der Waals surface area contributed by atoms with Crippen molar-refractivity contribution in [3.05, 3.63) is 46.2 Å². The monoisotopic (exact) mass is 448 g/mol. The first-order chi connectivity index (χ1) is 14.5. The van der Waals surface area contributed by atoms with E-state index in [2.05, 4.69) is 19.2 Å². The number of carbonyl (C=O) groups is 2. The van der Waals surface area contributed by atoms with Gasteiger partial charge in [-0.05, 0) is 42.0 Å². The lowest BCUT2D eigenvalue weighted by atomic mass is 10.1. The first-order valence-electron chi connectivity index (χ1n) is 9.93. The van der Waals surface area contributed by atoms with Gasteiger partial charge in [-0.25, -0.2) is 0 Å². The number of nitrogens with one attached hydrogen (secondary N) is 1. The number of benzene rings is 1. The molecule has 1 aromatic carbocycles. The first kappa shape index (κ1) is 22.5. The summed E-state index contributed by atoms with van der Waals surface area (Å²) in [5.74, 6) is 1.82. The van der Waals surface area contributed by atoms with E-state index in [1.165, 1.54) is 7.11 Å². The minimum absolute atomic E-state index is 0.101. The lowest BCUT2D eigenvalue weighted by Crippen LogP contribution is -2.48. The Morgan fingerprint density at radius 1 is 1.20 bits per heavy atom. The number of hydrogen-bond donors (Lipinski definition) is 1. The van der Waals surface area contributed by atoms with Crippen molar-refractivity contribution in [1.29, 1.82) is 0 Å². The molecule has 0 bridgehead atoms. The third-order valence-corrected chi connectivity index (χ3v) is 7.35. The van der Waals surface area contributed by atoms with Gasteiger partial charge in [0.25, 0.3) is 5.91 Å². The molecule has 6 nitrogen and oxygen atoms in total. The minimum atomic E-state index is -0.519. The summed E-state index contributed by atoms with van der Waals surface area (Å²) in [6, 6.07) is 8.56. The van der Waals surface area contributed by atoms with Crippen molar-refractivity contribution < 1.29 is 19.1 Å². The van der Waals surface area contributed by atoms with E-state index in [1.807, 2.05) is 17.5 Å². The maximum absolute atomic E-state index is 13.6. The Morgan fingerprint density at radius 2 is 1.97 bits per heavy atom. The molecule has 1 fully saturated rings. The summed E-state index contributed by atoms with van der Waals surface area (Å²) in [6.07, 6.45) is 0.906. The molecule has 2 unspecified atom stereocenters. The molecule has 2 atom stereocenters. The van der Waals surface area contributed by atoms with Crippen LogP contribution in [0.15, 0.2) is 35.7 Å². The van der Waals surface area contributed by atoms with Crippen LogP contribution in [0.25, 0.3) is 0 Å². The summed E-state index contributed by atoms with van der Waals surface area (Å²) in [5.41, 5.74) is 0.469. The highest BCUT2D eigenvalue weighted by Gasteiger charge is 2.43. The SMILES string of the molecule is COc1ccc(C(=O)N2C(C(=O)NCCC(C)C)CSC2c2cccs2)cc1OC. The Bertz CT molecular complexity index is 870. The highest BCUT2D eigenvalue weighted by molar-refractivity contribution is 7.99. The normalized spacial score (nSPS) is 18.5. The molecule has 8 heteroatoms. The van der Waals surface area contributed by atoms with Gasteiger partial charge >= 0.3 is 0 Å². The summed E-state index contributed by atoms with van der Waals surface area (Å²) in [5, 5.41) is 4.81. The van der Waals surface area contributed by atoms with Gasteiger partial charge in [0.2, 0.25) is 5.91 Å². The molecule has 0 radical (unpaired) electrons. The van der Waals surface area contributed by atoms with Crippen molar-refractivity contribution in [2.24, 2.45) is 5.92 Å². The Morgan fingerprint density at radius 3 is 2.60 bits per heavy atom. The summed E-state index contributed by atoms with van der Waals surface area (Å²) >= 11 is 3.22. The fourth-order valence-electron chi connectivity index (χ4n) is 3.33. The van der Waals surface area contributed by atoms with Crippen LogP contribution in [0, 0.1) is 5.92 Å². The van der Waals surface area contributed by atoms with Gasteiger partial charge in [0, 0.05) is 22.7 Å². The van der Waals surface area contributed by atoms with Crippen LogP contribution < -0.4 is 14.8 Å². The standard InChI is InChI=1S/C22H28N2O4S2/c1-14(2)9-10-23-20(25)16-13-30-22(19-6-5-11-29-19)24(16)21(26)15-7-8-17(27-3)18(12-15)28-4/h5-8,11-12,14,16,22H,9-10,13H2,1-4H3,(H,23,25). The maximum Gasteiger partial charge on any atom is 0.255 e. The van der Waals surface area contributed by atoms with E-state index in [1.54, 1.807) is 53.3 Å². The number of carbonyl (C=O) groups excluding carboxylic acids is 2. The molecule has 2 amide bonds. The number of hydrogen-bond acceptors (Lipinski definition) is 6. The van der Waals surface area contributed by atoms with E-state index in [4.69, 9.17) is 9.47 Å². The van der Waals surface area contributed by atoms with Crippen molar-refractivity contribution in [1.82, 2.24) is 10.2 Å². The number of thiophene rings is 1. The quantitative estimate of drug-likeness (QED) is 0.656. The number of thioether (sulfide) groups is 1. The topological polar surface area (TPSA) is 67.9 Å². The zero-order valence-corrected chi connectivity index (χ0v) is 19.3. The van der Waals surface area contributed by atoms with Gasteiger partial charge in [0.05, 0.1) is 14.2 Å². The Labute approximate surface area is 185 Å². The average molecular weight is 449 g/mol. The second kappa shape index (κ2) is 10.2. The van der Waals surface area contributed by atoms with Crippen LogP contribution in [0.4, 0.5) is 0 Å². The van der Waals surface area contributed by atoms with E-state index in [0.717, 1.165) is 11.3 Å². The molecule has 3 rings (SSSR count). The van der Waals surface area contributed by atoms with Crippen LogP contribution in [-0.2, 0) is 4.79 Å². The van der Waals surface area contributed by atoms with Crippen molar-refractivity contribution in [3.63, 3.8) is 0 Å². The van der Waals surface area contributed by atoms with E-state index < -0.39 is 6.04 Å². The highest BCUT2D eigenvalue weighted by atomic mass is 32.2. The summed E-state index contributed by atoms with van der Waals surface area (Å²) in [4.78, 5) is 29.3. The highest BCUT2D eigenvalue weighted by Crippen LogP contribution is 2.44. The van der Waals surface area contributed by atoms with E-state index in [9.17, 15) is 9.59 Å². The molecule has 0 aliphatic carbocycles. The van der Waals surface area contributed by atoms with Crippen LogP contribution >= 0.6 is 23.1 Å². The van der Waals surface area contributed by atoms with Gasteiger partial charge in [-0.2, -0.15) is 0 Å². The largest absolute Gasteiger partial charge is 0.493 e. The molecule has 2 heterocycles. The molecule has 2 aromatic rings. The molecule has 0 spiro atoms. The molecule has 0 saturated carbocycles. The molecule has 1 saturated heterocycles. The third kappa shape index (κ3) is 4.92. The van der Waals surface area contributed by atoms with E-state index in [-0.39, 0.29) is 17.2 Å². The first-order valence-corrected chi connectivity index (χ1v) is 11.9. The van der Waals surface area contributed by atoms with E-state index >= 15 is 0 Å². The lowest BCUT2D eigenvalue weighted by Gasteiger charge is -2.28. The molecule has 1 aromatic heterocycles. The van der Waals surface area contributed by atoms with Gasteiger partial charge in [0.15, 0.2) is 11.5 Å². The van der Waals surface area contributed by atoms with Crippen molar-refractivity contribution in [3.8, 4) is 11.5 Å². The van der Waals surface area contributed by atoms with Gasteiger partial charge < -0.3 is 19.7 Å². The number of rotatable bonds is 8. The van der Waals surface area contributed by atoms with Crippen LogP contribution in [0.3, 0.4) is 0 Å². The maximum atomic E-state index is 13.6. The smallest absolute Gasteiger partial charge is 0.255 e. The predicted octanol–water partition coefficient (Wildman–Crippen LogP) is 4.18. The van der Waals surface area contributed by atoms with Crippen LogP contribution in [0.1, 0.15) is 40.9 Å². The molecule has 1 N–H and O–H groups in total. The Balaban J connectivity index is 1.88. The van der Waals surface area contributed by atoms with Gasteiger partial charge in [-0.15, -0.1) is 23.1 Å². The van der Waals surface area contributed by atoms with E-state index in [0.29, 0.717) is 35.3 Å². The van der Waals surface area contributed by atoms with Crippen molar-refractivity contribution >= 4 is 34.9 Å². The van der Waals surface area contributed by atoms with Crippen LogP contribution in [0.5, 0.6) is 11.5 Å². The summed E-state index contributed by atoms with van der Waals surface area (Å²) < 4.78 is 10.6. The number of methoxy groups -OCH3 is 2. The van der Waals surface area contributed by atoms with Crippen LogP contribution in [0.2, 0.25) is 0 Å². The molecule has 1 aliphatic rings. The number of ether oxygens (including phenoxy) is 2. The minimum Gasteiger partial charge on any atom is -0.493 e. The van der Waals surface area contributed by atoms with Gasteiger partial charge in [0.1, 0.15) is 11.4 Å². The average Bonchev–Trinajstić information content (AvgIpc) is 3.41. The third-order valence-electron chi connectivity index (χ3n) is 4.98. The number of amides is 2. The molecule has 30 heavy (non-hydrogen) atoms. The molecular weight excluding hydrogens is 420 g/mol. The second-order valence-corrected chi connectivity index (χ2v) is 9.57. The Hall–Kier alpha value is -2.19. The van der Waals surface area contributed by atoms with Gasteiger partial charge in [-0.3, -0.25) is 9.59 Å². The molecular formula is C22H28N2O4S2. The zero-order valence-electron chi connectivity index (χ0n) is 17.7. The second-order valence-electron chi connectivity index (χ2n) is 7.47. The van der Waals surface area contributed by atoms with Crippen molar-refractivity contribution in [2.75, 3.05) is 26.5 Å². The number of nitrogens with zero attached hydrogens (tertiary/aromatic N) is 1. The van der Waals surface area contributed by atoms with Crippen LogP contribution in [-0.4, -0.2) is 49.3 Å². The lowest BCUT2D eigenvalue weighted by molar-refractivity contribution is -0.124. The molecule has 162 valence electrons. The predicted molar refractivity (Wildman–Crippen MR) is 121 cm³/mol. The fraction of sp³-hybridized carbons (Fsp3) is 0.455. The summed E-state index contributed by atoms with van der Waals surface area (Å²) in [7, 11) is 3.10. The molecule has 1 aliphatic heterocycles. The Kier molecular flexibility index (Phi) is 7.66. The van der Waals surface area contributed by atoms with Crippen molar-refractivity contribution in [2.45, 2.75) is 31.7 Å². The zero-order chi connectivity index (χ0) is 21.7.